The van der Waals surface area contributed by atoms with Crippen LogP contribution in [0.1, 0.15) is 54.2 Å². The number of fused-ring (bicyclic) bond motifs is 1. The topological polar surface area (TPSA) is 101 Å². The first-order valence-corrected chi connectivity index (χ1v) is 17.4. The zero-order valence-corrected chi connectivity index (χ0v) is 23.7. The number of imidazole rings is 1. The number of rotatable bonds is 7. The third kappa shape index (κ3) is 5.27. The van der Waals surface area contributed by atoms with E-state index in [9.17, 15) is 4.91 Å². The summed E-state index contributed by atoms with van der Waals surface area (Å²) >= 11 is 0. The highest BCUT2D eigenvalue weighted by atomic mass is 28.4. The van der Waals surface area contributed by atoms with Crippen molar-refractivity contribution < 1.29 is 13.6 Å². The molecular weight excluding hydrogens is 454 g/mol. The Kier molecular flexibility index (Phi) is 7.04. The summed E-state index contributed by atoms with van der Waals surface area (Å²) in [6, 6.07) is 0. The summed E-state index contributed by atoms with van der Waals surface area (Å²) in [5.41, 5.74) is 0.903. The van der Waals surface area contributed by atoms with Crippen LogP contribution in [0.2, 0.25) is 36.3 Å². The Morgan fingerprint density at radius 3 is 2.27 bits per heavy atom. The molecule has 2 aromatic rings. The molecular formula is C22H39N5O4Si2. The Bertz CT molecular complexity index is 997. The standard InChI is InChI=1S/C22H39N5O4Si2/c1-21(2,3)32(7,8)29-12-16-15(31-33(9,10)22(4,5)6)11-17(30-16)27-14-25-18-19(26-28)23-13-24-20(18)27/h13-17H,11-12H2,1-10H3/t15-,16+,17+/m0/s1. The van der Waals surface area contributed by atoms with Gasteiger partial charge in [0.25, 0.3) is 0 Å². The van der Waals surface area contributed by atoms with Gasteiger partial charge < -0.3 is 13.6 Å². The fraction of sp³-hybridized carbons (Fsp3) is 0.773. The summed E-state index contributed by atoms with van der Waals surface area (Å²) in [7, 11) is -3.99. The number of hydrogen-bond donors (Lipinski definition) is 0. The molecule has 3 atom stereocenters. The van der Waals surface area contributed by atoms with Crippen molar-refractivity contribution in [1.82, 2.24) is 19.5 Å². The minimum Gasteiger partial charge on any atom is -0.414 e. The average Bonchev–Trinajstić information content (AvgIpc) is 3.28. The van der Waals surface area contributed by atoms with E-state index < -0.39 is 16.6 Å². The summed E-state index contributed by atoms with van der Waals surface area (Å²) in [5, 5.41) is 3.16. The summed E-state index contributed by atoms with van der Waals surface area (Å²) in [5.74, 6) is 0.0311. The van der Waals surface area contributed by atoms with Crippen molar-refractivity contribution in [3.63, 3.8) is 0 Å². The van der Waals surface area contributed by atoms with E-state index in [2.05, 4.69) is 87.9 Å². The molecule has 1 aliphatic rings. The quantitative estimate of drug-likeness (QED) is 0.348. The zero-order chi connectivity index (χ0) is 24.8. The molecule has 184 valence electrons. The monoisotopic (exact) mass is 493 g/mol. The maximum Gasteiger partial charge on any atom is 0.227 e. The number of nitroso groups, excluding NO2 is 1. The SMILES string of the molecule is CC(C)(C)[Si](C)(C)OC[C@H]1O[C@@H](n2cnc3c(N=O)ncnc32)C[C@@H]1O[Si](C)(C)C(C)(C)C. The van der Waals surface area contributed by atoms with Crippen LogP contribution in [-0.4, -0.2) is 55.0 Å². The number of nitrogens with zero attached hydrogens (tertiary/aromatic N) is 5. The predicted octanol–water partition coefficient (Wildman–Crippen LogP) is 5.92. The minimum absolute atomic E-state index is 0.0311. The van der Waals surface area contributed by atoms with Gasteiger partial charge >= 0.3 is 0 Å². The second-order valence-corrected chi connectivity index (χ2v) is 21.5. The van der Waals surface area contributed by atoms with Gasteiger partial charge in [0.15, 0.2) is 27.8 Å². The molecule has 1 aliphatic heterocycles. The van der Waals surface area contributed by atoms with Crippen LogP contribution in [0.3, 0.4) is 0 Å². The van der Waals surface area contributed by atoms with E-state index >= 15 is 0 Å². The van der Waals surface area contributed by atoms with Gasteiger partial charge in [0.05, 0.1) is 19.0 Å². The molecule has 0 radical (unpaired) electrons. The van der Waals surface area contributed by atoms with E-state index in [1.807, 2.05) is 4.57 Å². The van der Waals surface area contributed by atoms with E-state index in [0.29, 0.717) is 24.2 Å². The maximum absolute atomic E-state index is 11.1. The van der Waals surface area contributed by atoms with Crippen LogP contribution in [0.5, 0.6) is 0 Å². The molecule has 33 heavy (non-hydrogen) atoms. The Balaban J connectivity index is 1.89. The predicted molar refractivity (Wildman–Crippen MR) is 135 cm³/mol. The molecule has 0 spiro atoms. The lowest BCUT2D eigenvalue weighted by molar-refractivity contribution is -0.0383. The largest absolute Gasteiger partial charge is 0.414 e. The van der Waals surface area contributed by atoms with Crippen molar-refractivity contribution in [3.8, 4) is 0 Å². The van der Waals surface area contributed by atoms with E-state index in [4.69, 9.17) is 13.6 Å². The Morgan fingerprint density at radius 1 is 1.06 bits per heavy atom. The number of ether oxygens (including phenoxy) is 1. The van der Waals surface area contributed by atoms with Gasteiger partial charge in [-0.3, -0.25) is 4.57 Å². The minimum atomic E-state index is -2.04. The van der Waals surface area contributed by atoms with Gasteiger partial charge in [-0.1, -0.05) is 41.5 Å². The summed E-state index contributed by atoms with van der Waals surface area (Å²) in [4.78, 5) is 23.7. The molecule has 0 bridgehead atoms. The highest BCUT2D eigenvalue weighted by Crippen LogP contribution is 2.43. The third-order valence-electron chi connectivity index (χ3n) is 7.58. The molecule has 0 aromatic carbocycles. The van der Waals surface area contributed by atoms with Crippen LogP contribution in [-0.2, 0) is 13.6 Å². The van der Waals surface area contributed by atoms with Crippen LogP contribution in [0.4, 0.5) is 5.82 Å². The first-order valence-electron chi connectivity index (χ1n) is 11.6. The Labute approximate surface area is 198 Å². The molecule has 1 fully saturated rings. The fourth-order valence-corrected chi connectivity index (χ4v) is 5.70. The Hall–Kier alpha value is -1.54. The van der Waals surface area contributed by atoms with Crippen molar-refractivity contribution in [2.24, 2.45) is 5.18 Å². The molecule has 0 amide bonds. The lowest BCUT2D eigenvalue weighted by Gasteiger charge is -2.40. The van der Waals surface area contributed by atoms with Gasteiger partial charge in [0, 0.05) is 6.42 Å². The number of aromatic nitrogens is 4. The number of hydrogen-bond acceptors (Lipinski definition) is 8. The molecule has 3 rings (SSSR count). The molecule has 2 aromatic heterocycles. The molecule has 1 saturated heterocycles. The highest BCUT2D eigenvalue weighted by Gasteiger charge is 2.46. The second-order valence-electron chi connectivity index (χ2n) is 12.0. The van der Waals surface area contributed by atoms with Crippen LogP contribution in [0, 0.1) is 4.91 Å². The van der Waals surface area contributed by atoms with Crippen molar-refractivity contribution in [1.29, 1.82) is 0 Å². The van der Waals surface area contributed by atoms with E-state index in [-0.39, 0.29) is 34.3 Å². The molecule has 0 saturated carbocycles. The lowest BCUT2D eigenvalue weighted by Crippen LogP contribution is -2.48. The zero-order valence-electron chi connectivity index (χ0n) is 21.7. The van der Waals surface area contributed by atoms with Crippen molar-refractivity contribution in [2.45, 2.75) is 103 Å². The first kappa shape index (κ1) is 26.1. The van der Waals surface area contributed by atoms with Crippen LogP contribution in [0.25, 0.3) is 11.2 Å². The normalized spacial score (nSPS) is 22.8. The first-order chi connectivity index (χ1) is 15.1. The summed E-state index contributed by atoms with van der Waals surface area (Å²) < 4.78 is 21.7. The molecule has 0 unspecified atom stereocenters. The van der Waals surface area contributed by atoms with Crippen LogP contribution in [0.15, 0.2) is 17.8 Å². The van der Waals surface area contributed by atoms with Gasteiger partial charge in [0.2, 0.25) is 5.82 Å². The molecule has 3 heterocycles. The van der Waals surface area contributed by atoms with E-state index in [0.717, 1.165) is 0 Å². The molecule has 0 aliphatic carbocycles. The lowest BCUT2D eigenvalue weighted by atomic mass is 10.2. The maximum atomic E-state index is 11.1. The van der Waals surface area contributed by atoms with Crippen LogP contribution < -0.4 is 0 Å². The van der Waals surface area contributed by atoms with Crippen LogP contribution >= 0.6 is 0 Å². The van der Waals surface area contributed by atoms with Crippen molar-refractivity contribution in [2.75, 3.05) is 6.61 Å². The second kappa shape index (κ2) is 8.92. The molecule has 11 heteroatoms. The van der Waals surface area contributed by atoms with E-state index in [1.54, 1.807) is 6.33 Å². The average molecular weight is 494 g/mol. The molecule has 9 nitrogen and oxygen atoms in total. The summed E-state index contributed by atoms with van der Waals surface area (Å²) in [6.07, 6.45) is 2.97. The fourth-order valence-electron chi connectivity index (χ4n) is 3.32. The van der Waals surface area contributed by atoms with Crippen molar-refractivity contribution >= 4 is 33.6 Å². The molecule has 0 N–H and O–H groups in total. The van der Waals surface area contributed by atoms with Gasteiger partial charge in [-0.2, -0.15) is 0 Å². The van der Waals surface area contributed by atoms with Gasteiger partial charge in [-0.15, -0.1) is 4.91 Å². The van der Waals surface area contributed by atoms with Gasteiger partial charge in [0.1, 0.15) is 18.7 Å². The highest BCUT2D eigenvalue weighted by molar-refractivity contribution is 6.74. The Morgan fingerprint density at radius 2 is 1.70 bits per heavy atom. The van der Waals surface area contributed by atoms with Gasteiger partial charge in [-0.25, -0.2) is 15.0 Å². The smallest absolute Gasteiger partial charge is 0.227 e. The third-order valence-corrected chi connectivity index (χ3v) is 16.6. The van der Waals surface area contributed by atoms with Gasteiger partial charge in [-0.05, 0) is 41.4 Å². The van der Waals surface area contributed by atoms with E-state index in [1.165, 1.54) is 6.33 Å². The summed E-state index contributed by atoms with van der Waals surface area (Å²) in [6.45, 7) is 22.9. The van der Waals surface area contributed by atoms with Crippen molar-refractivity contribution in [3.05, 3.63) is 17.6 Å².